The summed E-state index contributed by atoms with van der Waals surface area (Å²) in [5.74, 6) is 0.183. The highest BCUT2D eigenvalue weighted by Gasteiger charge is 2.35. The fraction of sp³-hybridized carbons (Fsp3) is 0.900. The highest BCUT2D eigenvalue weighted by molar-refractivity contribution is 5.82. The van der Waals surface area contributed by atoms with Gasteiger partial charge in [-0.2, -0.15) is 0 Å². The van der Waals surface area contributed by atoms with Gasteiger partial charge < -0.3 is 11.1 Å². The van der Waals surface area contributed by atoms with E-state index in [1.165, 1.54) is 12.8 Å². The number of hydrogen-bond donors (Lipinski definition) is 2. The van der Waals surface area contributed by atoms with E-state index in [-0.39, 0.29) is 17.4 Å². The third-order valence-corrected chi connectivity index (χ3v) is 2.84. The maximum atomic E-state index is 11.7. The molecular weight excluding hydrogens is 164 g/mol. The normalized spacial score (nSPS) is 22.7. The van der Waals surface area contributed by atoms with Crippen LogP contribution in [0.2, 0.25) is 0 Å². The van der Waals surface area contributed by atoms with Crippen molar-refractivity contribution in [1.82, 2.24) is 5.32 Å². The molecule has 1 rings (SSSR count). The van der Waals surface area contributed by atoms with Crippen LogP contribution in [0.4, 0.5) is 0 Å². The number of nitrogens with one attached hydrogen (secondary N) is 1. The van der Waals surface area contributed by atoms with Crippen molar-refractivity contribution in [3.63, 3.8) is 0 Å². The van der Waals surface area contributed by atoms with Crippen molar-refractivity contribution in [2.75, 3.05) is 6.54 Å². The van der Waals surface area contributed by atoms with Gasteiger partial charge >= 0.3 is 0 Å². The van der Waals surface area contributed by atoms with E-state index in [0.29, 0.717) is 6.54 Å². The van der Waals surface area contributed by atoms with Crippen molar-refractivity contribution >= 4 is 5.91 Å². The molecule has 1 unspecified atom stereocenters. The Bertz CT molecular complexity index is 183. The summed E-state index contributed by atoms with van der Waals surface area (Å²) in [6, 6.07) is 0.0500. The van der Waals surface area contributed by atoms with E-state index in [4.69, 9.17) is 5.73 Å². The molecule has 13 heavy (non-hydrogen) atoms. The summed E-state index contributed by atoms with van der Waals surface area (Å²) < 4.78 is 0. The quantitative estimate of drug-likeness (QED) is 0.688. The lowest BCUT2D eigenvalue weighted by Gasteiger charge is -2.22. The SMILES string of the molecule is CC(N)CNC(=O)C1(C)CCCC1. The Morgan fingerprint density at radius 1 is 1.54 bits per heavy atom. The largest absolute Gasteiger partial charge is 0.354 e. The lowest BCUT2D eigenvalue weighted by Crippen LogP contribution is -2.42. The van der Waals surface area contributed by atoms with E-state index in [2.05, 4.69) is 12.2 Å². The molecular formula is C10H20N2O. The Balaban J connectivity index is 2.38. The molecule has 0 aromatic rings. The maximum Gasteiger partial charge on any atom is 0.225 e. The molecule has 0 aromatic heterocycles. The highest BCUT2D eigenvalue weighted by atomic mass is 16.2. The number of hydrogen-bond acceptors (Lipinski definition) is 2. The van der Waals surface area contributed by atoms with Crippen molar-refractivity contribution in [3.8, 4) is 0 Å². The van der Waals surface area contributed by atoms with Crippen LogP contribution in [0.15, 0.2) is 0 Å². The minimum atomic E-state index is -0.116. The van der Waals surface area contributed by atoms with Gasteiger partial charge in [-0.25, -0.2) is 0 Å². The first kappa shape index (κ1) is 10.5. The first-order valence-corrected chi connectivity index (χ1v) is 5.08. The predicted molar refractivity (Wildman–Crippen MR) is 53.2 cm³/mol. The molecule has 3 heteroatoms. The van der Waals surface area contributed by atoms with Gasteiger partial charge in [-0.15, -0.1) is 0 Å². The molecule has 0 aromatic carbocycles. The second kappa shape index (κ2) is 4.09. The Labute approximate surface area is 80.1 Å². The summed E-state index contributed by atoms with van der Waals surface area (Å²) >= 11 is 0. The third-order valence-electron chi connectivity index (χ3n) is 2.84. The summed E-state index contributed by atoms with van der Waals surface area (Å²) in [5.41, 5.74) is 5.45. The van der Waals surface area contributed by atoms with Crippen LogP contribution in [0.3, 0.4) is 0 Å². The van der Waals surface area contributed by atoms with Gasteiger partial charge in [-0.1, -0.05) is 19.8 Å². The van der Waals surface area contributed by atoms with E-state index in [9.17, 15) is 4.79 Å². The lowest BCUT2D eigenvalue weighted by atomic mass is 9.88. The molecule has 76 valence electrons. The van der Waals surface area contributed by atoms with Crippen LogP contribution in [-0.4, -0.2) is 18.5 Å². The molecule has 0 bridgehead atoms. The summed E-state index contributed by atoms with van der Waals surface area (Å²) in [6.45, 7) is 4.54. The summed E-state index contributed by atoms with van der Waals surface area (Å²) in [4.78, 5) is 11.7. The molecule has 1 fully saturated rings. The molecule has 0 heterocycles. The van der Waals surface area contributed by atoms with Crippen LogP contribution in [-0.2, 0) is 4.79 Å². The fourth-order valence-electron chi connectivity index (χ4n) is 1.85. The summed E-state index contributed by atoms with van der Waals surface area (Å²) in [6.07, 6.45) is 4.42. The van der Waals surface area contributed by atoms with Crippen LogP contribution in [0, 0.1) is 5.41 Å². The molecule has 0 saturated heterocycles. The number of carbonyl (C=O) groups is 1. The smallest absolute Gasteiger partial charge is 0.225 e. The van der Waals surface area contributed by atoms with Gasteiger partial charge in [0.2, 0.25) is 5.91 Å². The van der Waals surface area contributed by atoms with Gasteiger partial charge in [0.25, 0.3) is 0 Å². The molecule has 1 aliphatic carbocycles. The summed E-state index contributed by atoms with van der Waals surface area (Å²) in [7, 11) is 0. The Morgan fingerprint density at radius 2 is 2.08 bits per heavy atom. The fourth-order valence-corrected chi connectivity index (χ4v) is 1.85. The van der Waals surface area contributed by atoms with Gasteiger partial charge in [0, 0.05) is 18.0 Å². The lowest BCUT2D eigenvalue weighted by molar-refractivity contribution is -0.129. The van der Waals surface area contributed by atoms with Crippen molar-refractivity contribution < 1.29 is 4.79 Å². The van der Waals surface area contributed by atoms with E-state index in [0.717, 1.165) is 12.8 Å². The number of nitrogens with two attached hydrogens (primary N) is 1. The van der Waals surface area contributed by atoms with Gasteiger partial charge in [0.1, 0.15) is 0 Å². The third kappa shape index (κ3) is 2.69. The average Bonchev–Trinajstić information content (AvgIpc) is 2.49. The van der Waals surface area contributed by atoms with E-state index in [1.54, 1.807) is 0 Å². The maximum absolute atomic E-state index is 11.7. The van der Waals surface area contributed by atoms with E-state index in [1.807, 2.05) is 6.92 Å². The number of rotatable bonds is 3. The van der Waals surface area contributed by atoms with E-state index < -0.39 is 0 Å². The first-order valence-electron chi connectivity index (χ1n) is 5.08. The van der Waals surface area contributed by atoms with E-state index >= 15 is 0 Å². The van der Waals surface area contributed by atoms with Crippen molar-refractivity contribution in [2.45, 2.75) is 45.6 Å². The molecule has 1 aliphatic rings. The summed E-state index contributed by atoms with van der Waals surface area (Å²) in [5, 5.41) is 2.90. The van der Waals surface area contributed by atoms with Gasteiger partial charge in [0.05, 0.1) is 0 Å². The topological polar surface area (TPSA) is 55.1 Å². The van der Waals surface area contributed by atoms with Crippen molar-refractivity contribution in [3.05, 3.63) is 0 Å². The Hall–Kier alpha value is -0.570. The number of carbonyl (C=O) groups excluding carboxylic acids is 1. The predicted octanol–water partition coefficient (Wildman–Crippen LogP) is 1.03. The zero-order chi connectivity index (χ0) is 9.90. The second-order valence-corrected chi connectivity index (χ2v) is 4.46. The van der Waals surface area contributed by atoms with Crippen LogP contribution in [0.1, 0.15) is 39.5 Å². The van der Waals surface area contributed by atoms with Crippen LogP contribution >= 0.6 is 0 Å². The highest BCUT2D eigenvalue weighted by Crippen LogP contribution is 2.37. The Kier molecular flexibility index (Phi) is 3.31. The minimum Gasteiger partial charge on any atom is -0.354 e. The standard InChI is InChI=1S/C10H20N2O/c1-8(11)7-12-9(13)10(2)5-3-4-6-10/h8H,3-7,11H2,1-2H3,(H,12,13). The van der Waals surface area contributed by atoms with Crippen LogP contribution in [0.5, 0.6) is 0 Å². The molecule has 1 amide bonds. The minimum absolute atomic E-state index is 0.0500. The van der Waals surface area contributed by atoms with Crippen LogP contribution in [0.25, 0.3) is 0 Å². The van der Waals surface area contributed by atoms with Gasteiger partial charge in [-0.3, -0.25) is 4.79 Å². The molecule has 3 nitrogen and oxygen atoms in total. The molecule has 1 saturated carbocycles. The van der Waals surface area contributed by atoms with Crippen molar-refractivity contribution in [1.29, 1.82) is 0 Å². The molecule has 0 spiro atoms. The molecule has 3 N–H and O–H groups in total. The van der Waals surface area contributed by atoms with Gasteiger partial charge in [0.15, 0.2) is 0 Å². The molecule has 0 radical (unpaired) electrons. The first-order chi connectivity index (χ1) is 6.04. The zero-order valence-corrected chi connectivity index (χ0v) is 8.60. The second-order valence-electron chi connectivity index (χ2n) is 4.46. The zero-order valence-electron chi connectivity index (χ0n) is 8.60. The Morgan fingerprint density at radius 3 is 2.54 bits per heavy atom. The molecule has 0 aliphatic heterocycles. The van der Waals surface area contributed by atoms with Gasteiger partial charge in [-0.05, 0) is 19.8 Å². The van der Waals surface area contributed by atoms with Crippen molar-refractivity contribution in [2.24, 2.45) is 11.1 Å². The monoisotopic (exact) mass is 184 g/mol. The average molecular weight is 184 g/mol. The van der Waals surface area contributed by atoms with Crippen LogP contribution < -0.4 is 11.1 Å². The molecule has 1 atom stereocenters. The number of amides is 1.